The molecule has 2 atom stereocenters. The number of nitrogens with one attached hydrogen (secondary N) is 3. The van der Waals surface area contributed by atoms with Crippen molar-refractivity contribution in [2.75, 3.05) is 10.6 Å². The number of nitrogens with zero attached hydrogens (tertiary/aromatic N) is 2. The molecule has 7 nitrogen and oxygen atoms in total. The number of rotatable bonds is 4. The molecular weight excluding hydrogens is 447 g/mol. The first kappa shape index (κ1) is 21.7. The van der Waals surface area contributed by atoms with E-state index in [1.165, 1.54) is 12.1 Å². The number of anilines is 2. The molecule has 1 aromatic heterocycles. The number of hydrogen-bond donors (Lipinski definition) is 3. The van der Waals surface area contributed by atoms with E-state index in [0.717, 1.165) is 23.3 Å². The van der Waals surface area contributed by atoms with Gasteiger partial charge < -0.3 is 15.1 Å². The summed E-state index contributed by atoms with van der Waals surface area (Å²) in [6.07, 6.45) is -5.37. The zero-order valence-corrected chi connectivity index (χ0v) is 17.5. The standard InChI is InChI=1S/C24H18F3N5O2/c25-24(26,27)16-12-10-15(11-13-16)22-31-32-23(34-22)30-20-21(33)28-18-9-5-4-8-17(18)19(29-20)14-6-2-1-3-7-14/h1-13,19-20,29H,(H,28,33)(H,30,32). The van der Waals surface area contributed by atoms with Gasteiger partial charge in [0.05, 0.1) is 11.6 Å². The molecule has 10 heteroatoms. The molecule has 0 fully saturated rings. The fraction of sp³-hybridized carbons (Fsp3) is 0.125. The van der Waals surface area contributed by atoms with Gasteiger partial charge in [-0.3, -0.25) is 10.1 Å². The van der Waals surface area contributed by atoms with Crippen LogP contribution in [0.25, 0.3) is 11.5 Å². The number of halogens is 3. The van der Waals surface area contributed by atoms with Crippen molar-refractivity contribution in [2.45, 2.75) is 18.4 Å². The molecule has 3 aromatic carbocycles. The van der Waals surface area contributed by atoms with Crippen LogP contribution in [-0.2, 0) is 11.0 Å². The summed E-state index contributed by atoms with van der Waals surface area (Å²) >= 11 is 0. The van der Waals surface area contributed by atoms with Crippen LogP contribution in [0.4, 0.5) is 24.9 Å². The van der Waals surface area contributed by atoms with Crippen LogP contribution >= 0.6 is 0 Å². The van der Waals surface area contributed by atoms with Gasteiger partial charge in [-0.1, -0.05) is 53.6 Å². The summed E-state index contributed by atoms with van der Waals surface area (Å²) in [5, 5.41) is 16.9. The lowest BCUT2D eigenvalue weighted by Crippen LogP contribution is -2.46. The van der Waals surface area contributed by atoms with Crippen LogP contribution in [0.15, 0.2) is 83.3 Å². The third-order valence-corrected chi connectivity index (χ3v) is 5.41. The highest BCUT2D eigenvalue weighted by Gasteiger charge is 2.32. The Balaban J connectivity index is 1.39. The SMILES string of the molecule is O=C1Nc2ccccc2C(c2ccccc2)NC1Nc1nnc(-c2ccc(C(F)(F)F)cc2)o1. The zero-order chi connectivity index (χ0) is 23.7. The van der Waals surface area contributed by atoms with Crippen molar-refractivity contribution >= 4 is 17.6 Å². The smallest absolute Gasteiger partial charge is 0.403 e. The van der Waals surface area contributed by atoms with Gasteiger partial charge in [-0.15, -0.1) is 5.10 Å². The third kappa shape index (κ3) is 4.35. The molecule has 4 aromatic rings. The molecule has 0 saturated heterocycles. The minimum atomic E-state index is -4.44. The van der Waals surface area contributed by atoms with Gasteiger partial charge in [0.15, 0.2) is 6.17 Å². The molecule has 0 saturated carbocycles. The van der Waals surface area contributed by atoms with Crippen molar-refractivity contribution in [1.82, 2.24) is 15.5 Å². The predicted molar refractivity (Wildman–Crippen MR) is 119 cm³/mol. The molecule has 5 rings (SSSR count). The monoisotopic (exact) mass is 465 g/mol. The Hall–Kier alpha value is -4.18. The van der Waals surface area contributed by atoms with Crippen LogP contribution in [0.1, 0.15) is 22.7 Å². The first-order valence-electron chi connectivity index (χ1n) is 10.4. The molecule has 2 heterocycles. The summed E-state index contributed by atoms with van der Waals surface area (Å²) in [4.78, 5) is 12.9. The van der Waals surface area contributed by atoms with Gasteiger partial charge in [0, 0.05) is 11.3 Å². The van der Waals surface area contributed by atoms with E-state index in [2.05, 4.69) is 26.1 Å². The highest BCUT2D eigenvalue weighted by Crippen LogP contribution is 2.32. The van der Waals surface area contributed by atoms with E-state index in [-0.39, 0.29) is 23.9 Å². The number of amides is 1. The van der Waals surface area contributed by atoms with Gasteiger partial charge in [0.2, 0.25) is 5.89 Å². The van der Waals surface area contributed by atoms with Crippen molar-refractivity contribution in [1.29, 1.82) is 0 Å². The van der Waals surface area contributed by atoms with Gasteiger partial charge in [-0.25, -0.2) is 0 Å². The average molecular weight is 465 g/mol. The zero-order valence-electron chi connectivity index (χ0n) is 17.5. The van der Waals surface area contributed by atoms with Crippen molar-refractivity contribution in [3.8, 4) is 11.5 Å². The van der Waals surface area contributed by atoms with E-state index in [9.17, 15) is 18.0 Å². The molecular formula is C24H18F3N5O2. The van der Waals surface area contributed by atoms with Crippen LogP contribution in [0, 0.1) is 0 Å². The van der Waals surface area contributed by atoms with Crippen LogP contribution in [-0.4, -0.2) is 22.3 Å². The molecule has 172 valence electrons. The van der Waals surface area contributed by atoms with Crippen molar-refractivity contribution in [3.63, 3.8) is 0 Å². The molecule has 0 aliphatic carbocycles. The predicted octanol–water partition coefficient (Wildman–Crippen LogP) is 4.82. The molecule has 0 radical (unpaired) electrons. The number of hydrogen-bond acceptors (Lipinski definition) is 6. The quantitative estimate of drug-likeness (QED) is 0.400. The number of carbonyl (C=O) groups is 1. The van der Waals surface area contributed by atoms with Crippen LogP contribution < -0.4 is 16.0 Å². The third-order valence-electron chi connectivity index (χ3n) is 5.41. The number of benzene rings is 3. The minimum Gasteiger partial charge on any atom is -0.403 e. The summed E-state index contributed by atoms with van der Waals surface area (Å²) in [5.74, 6) is -0.340. The van der Waals surface area contributed by atoms with Crippen LogP contribution in [0.5, 0.6) is 0 Å². The second kappa shape index (κ2) is 8.64. The van der Waals surface area contributed by atoms with E-state index in [4.69, 9.17) is 4.42 Å². The maximum absolute atomic E-state index is 12.9. The Bertz CT molecular complexity index is 1310. The fourth-order valence-electron chi connectivity index (χ4n) is 3.75. The number of alkyl halides is 3. The average Bonchev–Trinajstić information content (AvgIpc) is 3.25. The van der Waals surface area contributed by atoms with Crippen LogP contribution in [0.2, 0.25) is 0 Å². The topological polar surface area (TPSA) is 92.1 Å². The highest BCUT2D eigenvalue weighted by atomic mass is 19.4. The molecule has 1 aliphatic rings. The van der Waals surface area contributed by atoms with E-state index in [0.29, 0.717) is 11.3 Å². The maximum Gasteiger partial charge on any atom is 0.416 e. The van der Waals surface area contributed by atoms with Crippen molar-refractivity contribution in [2.24, 2.45) is 0 Å². The molecule has 0 bridgehead atoms. The molecule has 3 N–H and O–H groups in total. The summed E-state index contributed by atoms with van der Waals surface area (Å²) in [7, 11) is 0. The van der Waals surface area contributed by atoms with E-state index >= 15 is 0 Å². The van der Waals surface area contributed by atoms with Gasteiger partial charge in [0.1, 0.15) is 0 Å². The Morgan fingerprint density at radius 1 is 0.882 bits per heavy atom. The Morgan fingerprint density at radius 3 is 2.32 bits per heavy atom. The Labute approximate surface area is 192 Å². The fourth-order valence-corrected chi connectivity index (χ4v) is 3.75. The summed E-state index contributed by atoms with van der Waals surface area (Å²) in [6.45, 7) is 0. The molecule has 2 unspecified atom stereocenters. The lowest BCUT2D eigenvalue weighted by molar-refractivity contribution is -0.137. The van der Waals surface area contributed by atoms with Crippen LogP contribution in [0.3, 0.4) is 0 Å². The molecule has 0 spiro atoms. The highest BCUT2D eigenvalue weighted by molar-refractivity contribution is 5.97. The van der Waals surface area contributed by atoms with Crippen molar-refractivity contribution in [3.05, 3.63) is 95.6 Å². The Kier molecular flexibility index (Phi) is 5.50. The second-order valence-corrected chi connectivity index (χ2v) is 7.65. The number of fused-ring (bicyclic) bond motifs is 1. The van der Waals surface area contributed by atoms with Crippen molar-refractivity contribution < 1.29 is 22.4 Å². The normalized spacial score (nSPS) is 18.0. The first-order chi connectivity index (χ1) is 16.4. The van der Waals surface area contributed by atoms with Gasteiger partial charge >= 0.3 is 12.2 Å². The van der Waals surface area contributed by atoms with E-state index in [1.54, 1.807) is 0 Å². The number of para-hydroxylation sites is 1. The number of carbonyl (C=O) groups excluding carboxylic acids is 1. The molecule has 34 heavy (non-hydrogen) atoms. The molecule has 1 aliphatic heterocycles. The minimum absolute atomic E-state index is 0.0214. The summed E-state index contributed by atoms with van der Waals surface area (Å²) in [5.41, 5.74) is 2.06. The Morgan fingerprint density at radius 2 is 1.59 bits per heavy atom. The lowest BCUT2D eigenvalue weighted by atomic mass is 9.97. The van der Waals surface area contributed by atoms with E-state index < -0.39 is 17.9 Å². The second-order valence-electron chi connectivity index (χ2n) is 7.65. The van der Waals surface area contributed by atoms with E-state index in [1.807, 2.05) is 54.6 Å². The van der Waals surface area contributed by atoms with Gasteiger partial charge in [0.25, 0.3) is 5.91 Å². The lowest BCUT2D eigenvalue weighted by Gasteiger charge is -2.22. The molecule has 1 amide bonds. The number of aromatic nitrogens is 2. The summed E-state index contributed by atoms with van der Waals surface area (Å²) < 4.78 is 44.0. The summed E-state index contributed by atoms with van der Waals surface area (Å²) in [6, 6.07) is 21.1. The van der Waals surface area contributed by atoms with Gasteiger partial charge in [-0.2, -0.15) is 13.2 Å². The largest absolute Gasteiger partial charge is 0.416 e. The van der Waals surface area contributed by atoms with Gasteiger partial charge in [-0.05, 0) is 41.5 Å². The first-order valence-corrected chi connectivity index (χ1v) is 10.4. The maximum atomic E-state index is 12.9.